The number of hydrogen-bond donors (Lipinski definition) is 1. The summed E-state index contributed by atoms with van der Waals surface area (Å²) in [6.07, 6.45) is 5.94. The summed E-state index contributed by atoms with van der Waals surface area (Å²) < 4.78 is 0. The molecule has 2 heteroatoms. The molecule has 0 bridgehead atoms. The van der Waals surface area contributed by atoms with Crippen LogP contribution in [0.15, 0.2) is 36.5 Å². The van der Waals surface area contributed by atoms with Crippen molar-refractivity contribution in [1.29, 1.82) is 0 Å². The van der Waals surface area contributed by atoms with Gasteiger partial charge in [0.05, 0.1) is 5.52 Å². The van der Waals surface area contributed by atoms with Crippen LogP contribution in [0.3, 0.4) is 0 Å². The molecule has 0 amide bonds. The zero-order valence-electron chi connectivity index (χ0n) is 10.2. The molecule has 1 fully saturated rings. The van der Waals surface area contributed by atoms with Crippen LogP contribution in [0.5, 0.6) is 0 Å². The van der Waals surface area contributed by atoms with E-state index in [1.54, 1.807) is 0 Å². The van der Waals surface area contributed by atoms with Gasteiger partial charge in [0, 0.05) is 17.6 Å². The van der Waals surface area contributed by atoms with Crippen LogP contribution in [0, 0.1) is 5.92 Å². The van der Waals surface area contributed by atoms with E-state index in [0.717, 1.165) is 11.4 Å². The quantitative estimate of drug-likeness (QED) is 0.868. The van der Waals surface area contributed by atoms with Crippen LogP contribution < -0.4 is 5.32 Å². The van der Waals surface area contributed by atoms with Crippen molar-refractivity contribution in [1.82, 2.24) is 10.3 Å². The van der Waals surface area contributed by atoms with E-state index in [2.05, 4.69) is 41.6 Å². The van der Waals surface area contributed by atoms with E-state index in [-0.39, 0.29) is 0 Å². The second kappa shape index (κ2) is 4.46. The first-order valence-electron chi connectivity index (χ1n) is 6.41. The highest BCUT2D eigenvalue weighted by molar-refractivity contribution is 5.82. The average Bonchev–Trinajstić information content (AvgIpc) is 2.33. The third-order valence-corrected chi connectivity index (χ3v) is 3.95. The highest BCUT2D eigenvalue weighted by Gasteiger charge is 2.28. The summed E-state index contributed by atoms with van der Waals surface area (Å²) in [5.74, 6) is 0.797. The van der Waals surface area contributed by atoms with Gasteiger partial charge in [0.15, 0.2) is 0 Å². The Bertz CT molecular complexity index is 512. The first-order chi connectivity index (χ1) is 8.40. The molecule has 1 aromatic heterocycles. The molecule has 1 aliphatic rings. The zero-order chi connectivity index (χ0) is 11.7. The molecule has 1 saturated carbocycles. The Morgan fingerprint density at radius 2 is 2.12 bits per heavy atom. The molecule has 17 heavy (non-hydrogen) atoms. The lowest BCUT2D eigenvalue weighted by molar-refractivity contribution is 0.240. The summed E-state index contributed by atoms with van der Waals surface area (Å²) in [6, 6.07) is 11.1. The van der Waals surface area contributed by atoms with Crippen molar-refractivity contribution in [3.05, 3.63) is 42.1 Å². The van der Waals surface area contributed by atoms with Gasteiger partial charge in [-0.1, -0.05) is 24.6 Å². The van der Waals surface area contributed by atoms with E-state index in [0.29, 0.717) is 6.04 Å². The molecule has 1 aromatic carbocycles. The van der Waals surface area contributed by atoms with Gasteiger partial charge >= 0.3 is 0 Å². The molecule has 1 N–H and O–H groups in total. The van der Waals surface area contributed by atoms with Crippen LogP contribution in [-0.4, -0.2) is 12.0 Å². The van der Waals surface area contributed by atoms with Gasteiger partial charge in [0.25, 0.3) is 0 Å². The summed E-state index contributed by atoms with van der Waals surface area (Å²) in [7, 11) is 2.07. The van der Waals surface area contributed by atoms with Gasteiger partial charge in [0.1, 0.15) is 0 Å². The zero-order valence-corrected chi connectivity index (χ0v) is 10.2. The van der Waals surface area contributed by atoms with Crippen molar-refractivity contribution in [2.75, 3.05) is 7.05 Å². The van der Waals surface area contributed by atoms with E-state index >= 15 is 0 Å². The van der Waals surface area contributed by atoms with Crippen LogP contribution in [0.4, 0.5) is 0 Å². The maximum Gasteiger partial charge on any atom is 0.0705 e. The number of nitrogens with zero attached hydrogens (tertiary/aromatic N) is 1. The van der Waals surface area contributed by atoms with Gasteiger partial charge in [-0.2, -0.15) is 0 Å². The largest absolute Gasteiger partial charge is 0.313 e. The smallest absolute Gasteiger partial charge is 0.0705 e. The van der Waals surface area contributed by atoms with E-state index in [4.69, 9.17) is 0 Å². The van der Waals surface area contributed by atoms with Gasteiger partial charge in [-0.05, 0) is 43.5 Å². The lowest BCUT2D eigenvalue weighted by atomic mass is 9.76. The van der Waals surface area contributed by atoms with Gasteiger partial charge in [0.2, 0.25) is 0 Å². The van der Waals surface area contributed by atoms with Crippen LogP contribution in [0.2, 0.25) is 0 Å². The lowest BCUT2D eigenvalue weighted by Gasteiger charge is -2.34. The van der Waals surface area contributed by atoms with Crippen molar-refractivity contribution in [2.24, 2.45) is 5.92 Å². The Labute approximate surface area is 102 Å². The van der Waals surface area contributed by atoms with E-state index in [9.17, 15) is 0 Å². The van der Waals surface area contributed by atoms with Gasteiger partial charge in [-0.25, -0.2) is 0 Å². The monoisotopic (exact) mass is 226 g/mol. The molecule has 3 rings (SSSR count). The molecular weight excluding hydrogens is 208 g/mol. The molecule has 1 heterocycles. The molecule has 2 nitrogen and oxygen atoms in total. The molecule has 0 radical (unpaired) electrons. The maximum absolute atomic E-state index is 4.43. The third-order valence-electron chi connectivity index (χ3n) is 3.95. The van der Waals surface area contributed by atoms with Crippen molar-refractivity contribution in [2.45, 2.75) is 25.3 Å². The predicted molar refractivity (Wildman–Crippen MR) is 70.9 cm³/mol. The lowest BCUT2D eigenvalue weighted by Crippen LogP contribution is -2.29. The van der Waals surface area contributed by atoms with Crippen LogP contribution >= 0.6 is 0 Å². The average molecular weight is 226 g/mol. The highest BCUT2D eigenvalue weighted by Crippen LogP contribution is 2.39. The number of nitrogens with one attached hydrogen (secondary N) is 1. The molecule has 2 aromatic rings. The summed E-state index contributed by atoms with van der Waals surface area (Å²) in [6.45, 7) is 0. The molecule has 88 valence electrons. The predicted octanol–water partition coefficient (Wildman–Crippen LogP) is 3.30. The number of fused-ring (bicyclic) bond motifs is 1. The fourth-order valence-corrected chi connectivity index (χ4v) is 2.82. The van der Waals surface area contributed by atoms with Gasteiger partial charge < -0.3 is 5.32 Å². The standard InChI is InChI=1S/C15H18N2/c1-16-15(11-5-2-6-11)13-7-3-9-14-12(13)8-4-10-17-14/h3-4,7-11,15-16H,2,5-6H2,1H3. The van der Waals surface area contributed by atoms with Crippen molar-refractivity contribution < 1.29 is 0 Å². The fourth-order valence-electron chi connectivity index (χ4n) is 2.82. The third kappa shape index (κ3) is 1.83. The molecule has 1 unspecified atom stereocenters. The van der Waals surface area contributed by atoms with Crippen molar-refractivity contribution in [3.63, 3.8) is 0 Å². The van der Waals surface area contributed by atoms with Crippen molar-refractivity contribution in [3.8, 4) is 0 Å². The molecular formula is C15H18N2. The topological polar surface area (TPSA) is 24.9 Å². The number of rotatable bonds is 3. The number of benzene rings is 1. The Morgan fingerprint density at radius 1 is 1.24 bits per heavy atom. The summed E-state index contributed by atoms with van der Waals surface area (Å²) in [5.41, 5.74) is 2.51. The Kier molecular flexibility index (Phi) is 2.81. The van der Waals surface area contributed by atoms with Gasteiger partial charge in [-0.3, -0.25) is 4.98 Å². The minimum absolute atomic E-state index is 0.483. The SMILES string of the molecule is CNC(c1cccc2ncccc12)C1CCC1. The van der Waals surface area contributed by atoms with Crippen LogP contribution in [0.1, 0.15) is 30.9 Å². The van der Waals surface area contributed by atoms with Gasteiger partial charge in [-0.15, -0.1) is 0 Å². The van der Waals surface area contributed by atoms with Crippen LogP contribution in [-0.2, 0) is 0 Å². The summed E-state index contributed by atoms with van der Waals surface area (Å²) >= 11 is 0. The minimum atomic E-state index is 0.483. The Balaban J connectivity index is 2.08. The first-order valence-corrected chi connectivity index (χ1v) is 6.41. The Hall–Kier alpha value is -1.41. The number of hydrogen-bond acceptors (Lipinski definition) is 2. The molecule has 1 aliphatic carbocycles. The molecule has 1 atom stereocenters. The van der Waals surface area contributed by atoms with E-state index < -0.39 is 0 Å². The second-order valence-electron chi connectivity index (χ2n) is 4.87. The number of aromatic nitrogens is 1. The summed E-state index contributed by atoms with van der Waals surface area (Å²) in [5, 5.41) is 4.78. The normalized spacial score (nSPS) is 17.9. The second-order valence-corrected chi connectivity index (χ2v) is 4.87. The Morgan fingerprint density at radius 3 is 2.82 bits per heavy atom. The summed E-state index contributed by atoms with van der Waals surface area (Å²) in [4.78, 5) is 4.43. The minimum Gasteiger partial charge on any atom is -0.313 e. The number of pyridine rings is 1. The maximum atomic E-state index is 4.43. The first kappa shape index (κ1) is 10.7. The van der Waals surface area contributed by atoms with Crippen molar-refractivity contribution >= 4 is 10.9 Å². The molecule has 0 saturated heterocycles. The highest BCUT2D eigenvalue weighted by atomic mass is 14.9. The van der Waals surface area contributed by atoms with E-state index in [1.807, 2.05) is 12.3 Å². The molecule has 0 spiro atoms. The molecule has 0 aliphatic heterocycles. The van der Waals surface area contributed by atoms with E-state index in [1.165, 1.54) is 30.2 Å². The van der Waals surface area contributed by atoms with Crippen LogP contribution in [0.25, 0.3) is 10.9 Å². The fraction of sp³-hybridized carbons (Fsp3) is 0.400.